The highest BCUT2D eigenvalue weighted by atomic mass is 35.5. The molecule has 0 spiro atoms. The number of benzene rings is 1. The number of nitrogens with one attached hydrogen (secondary N) is 3. The second-order valence-electron chi connectivity index (χ2n) is 6.60. The lowest BCUT2D eigenvalue weighted by Gasteiger charge is -2.36. The summed E-state index contributed by atoms with van der Waals surface area (Å²) in [6, 6.07) is 8.28. The Morgan fingerprint density at radius 2 is 2.14 bits per heavy atom. The average Bonchev–Trinajstić information content (AvgIpc) is 3.26. The van der Waals surface area contributed by atoms with Crippen molar-refractivity contribution in [2.45, 2.75) is 31.3 Å². The largest absolute Gasteiger partial charge is 0.324 e. The van der Waals surface area contributed by atoms with E-state index in [1.165, 1.54) is 12.8 Å². The molecule has 5 nitrogen and oxygen atoms in total. The maximum Gasteiger partial charge on any atom is 0.321 e. The first-order chi connectivity index (χ1) is 10.7. The fraction of sp³-hybridized carbons (Fsp3) is 0.562. The number of hydrogen-bond donors (Lipinski definition) is 3. The molecule has 3 atom stereocenters. The van der Waals surface area contributed by atoms with Gasteiger partial charge in [0.25, 0.3) is 0 Å². The third-order valence-corrected chi connectivity index (χ3v) is 5.28. The molecule has 1 saturated carbocycles. The molecular weight excluding hydrogens is 300 g/mol. The number of hydrazine groups is 1. The van der Waals surface area contributed by atoms with Gasteiger partial charge in [-0.25, -0.2) is 4.79 Å². The molecule has 3 N–H and O–H groups in total. The van der Waals surface area contributed by atoms with Crippen molar-refractivity contribution < 1.29 is 4.79 Å². The number of carbonyl (C=O) groups excluding carboxylic acids is 1. The van der Waals surface area contributed by atoms with Crippen molar-refractivity contribution in [3.8, 4) is 0 Å². The van der Waals surface area contributed by atoms with E-state index in [4.69, 9.17) is 11.6 Å². The zero-order valence-corrected chi connectivity index (χ0v) is 13.1. The molecule has 118 valence electrons. The minimum atomic E-state index is -0.0258. The van der Waals surface area contributed by atoms with Crippen molar-refractivity contribution in [1.29, 1.82) is 0 Å². The number of fused-ring (bicyclic) bond motifs is 1. The molecule has 2 heterocycles. The van der Waals surface area contributed by atoms with Crippen LogP contribution in [0.1, 0.15) is 19.3 Å². The van der Waals surface area contributed by atoms with E-state index in [-0.39, 0.29) is 6.03 Å². The number of urea groups is 1. The molecule has 6 heteroatoms. The zero-order valence-electron chi connectivity index (χ0n) is 12.4. The summed E-state index contributed by atoms with van der Waals surface area (Å²) in [5.41, 5.74) is 7.62. The second-order valence-corrected chi connectivity index (χ2v) is 7.03. The first-order valence-electron chi connectivity index (χ1n) is 8.03. The number of piperidine rings is 1. The van der Waals surface area contributed by atoms with E-state index in [0.717, 1.165) is 31.1 Å². The van der Waals surface area contributed by atoms with Gasteiger partial charge in [0, 0.05) is 41.8 Å². The summed E-state index contributed by atoms with van der Waals surface area (Å²) in [5, 5.41) is 3.59. The number of carbonyl (C=O) groups is 1. The highest BCUT2D eigenvalue weighted by molar-refractivity contribution is 6.30. The molecule has 1 aromatic rings. The zero-order chi connectivity index (χ0) is 15.1. The molecule has 1 aliphatic carbocycles. The third kappa shape index (κ3) is 2.81. The Kier molecular flexibility index (Phi) is 3.72. The van der Waals surface area contributed by atoms with E-state index in [9.17, 15) is 4.79 Å². The van der Waals surface area contributed by atoms with Crippen molar-refractivity contribution in [1.82, 2.24) is 15.8 Å². The monoisotopic (exact) mass is 320 g/mol. The van der Waals surface area contributed by atoms with Gasteiger partial charge in [-0.05, 0) is 43.4 Å². The minimum Gasteiger partial charge on any atom is -0.324 e. The Labute approximate surface area is 135 Å². The Hall–Kier alpha value is -1.30. The molecule has 0 aromatic heterocycles. The quantitative estimate of drug-likeness (QED) is 0.784. The van der Waals surface area contributed by atoms with E-state index in [1.54, 1.807) is 12.1 Å². The Bertz CT molecular complexity index is 577. The van der Waals surface area contributed by atoms with E-state index >= 15 is 0 Å². The fourth-order valence-electron chi connectivity index (χ4n) is 3.71. The van der Waals surface area contributed by atoms with Crippen LogP contribution >= 0.6 is 11.6 Å². The molecule has 0 radical (unpaired) electrons. The number of hydrogen-bond acceptors (Lipinski definition) is 3. The third-order valence-electron chi connectivity index (χ3n) is 5.05. The molecule has 1 aromatic carbocycles. The van der Waals surface area contributed by atoms with Crippen LogP contribution in [0.25, 0.3) is 0 Å². The summed E-state index contributed by atoms with van der Waals surface area (Å²) in [7, 11) is 0. The first kappa shape index (κ1) is 14.3. The number of rotatable bonds is 2. The highest BCUT2D eigenvalue weighted by Crippen LogP contribution is 2.40. The fourth-order valence-corrected chi connectivity index (χ4v) is 3.90. The summed E-state index contributed by atoms with van der Waals surface area (Å²) >= 11 is 5.97. The summed E-state index contributed by atoms with van der Waals surface area (Å²) in [5.74, 6) is 1.31. The Morgan fingerprint density at radius 1 is 1.27 bits per heavy atom. The summed E-state index contributed by atoms with van der Waals surface area (Å²) in [4.78, 5) is 14.4. The smallest absolute Gasteiger partial charge is 0.321 e. The van der Waals surface area contributed by atoms with Crippen molar-refractivity contribution >= 4 is 23.3 Å². The van der Waals surface area contributed by atoms with Crippen LogP contribution in [0, 0.1) is 11.8 Å². The van der Waals surface area contributed by atoms with Gasteiger partial charge in [0.05, 0.1) is 0 Å². The van der Waals surface area contributed by atoms with Crippen LogP contribution in [0.15, 0.2) is 24.3 Å². The van der Waals surface area contributed by atoms with Crippen LogP contribution in [0.2, 0.25) is 5.02 Å². The average molecular weight is 321 g/mol. The number of likely N-dealkylation sites (tertiary alicyclic amines) is 1. The van der Waals surface area contributed by atoms with Crippen LogP contribution < -0.4 is 16.2 Å². The molecule has 22 heavy (non-hydrogen) atoms. The number of nitrogens with zero attached hydrogens (tertiary/aromatic N) is 1. The van der Waals surface area contributed by atoms with Gasteiger partial charge in [-0.15, -0.1) is 0 Å². The van der Waals surface area contributed by atoms with Crippen LogP contribution in [-0.4, -0.2) is 36.1 Å². The van der Waals surface area contributed by atoms with Gasteiger partial charge in [-0.3, -0.25) is 10.9 Å². The van der Waals surface area contributed by atoms with Gasteiger partial charge in [-0.1, -0.05) is 17.7 Å². The van der Waals surface area contributed by atoms with E-state index in [0.29, 0.717) is 23.0 Å². The molecule has 2 aliphatic heterocycles. The predicted octanol–water partition coefficient (Wildman–Crippen LogP) is 2.45. The van der Waals surface area contributed by atoms with Crippen LogP contribution in [0.4, 0.5) is 10.5 Å². The number of amides is 2. The minimum absolute atomic E-state index is 0.0258. The Morgan fingerprint density at radius 3 is 2.91 bits per heavy atom. The van der Waals surface area contributed by atoms with Crippen LogP contribution in [0.5, 0.6) is 0 Å². The first-order valence-corrected chi connectivity index (χ1v) is 8.41. The van der Waals surface area contributed by atoms with E-state index in [2.05, 4.69) is 16.2 Å². The molecule has 2 amide bonds. The number of anilines is 1. The normalized spacial score (nSPS) is 31.0. The summed E-state index contributed by atoms with van der Waals surface area (Å²) < 4.78 is 0. The molecular formula is C16H21ClN4O. The maximum absolute atomic E-state index is 12.5. The molecule has 4 rings (SSSR count). The van der Waals surface area contributed by atoms with Crippen molar-refractivity contribution in [2.75, 3.05) is 18.4 Å². The highest BCUT2D eigenvalue weighted by Gasteiger charge is 2.46. The molecule has 2 saturated heterocycles. The standard InChI is InChI=1S/C16H21ClN4O/c17-11-2-1-3-12(8-11)18-16(22)21-7-6-14-13(9-21)15(20-19-14)10-4-5-10/h1-3,8,10,13-15,19-20H,4-7,9H2,(H,18,22). The van der Waals surface area contributed by atoms with E-state index in [1.807, 2.05) is 17.0 Å². The summed E-state index contributed by atoms with van der Waals surface area (Å²) in [6.07, 6.45) is 3.64. The van der Waals surface area contributed by atoms with Gasteiger partial charge in [0.2, 0.25) is 0 Å². The van der Waals surface area contributed by atoms with Crippen molar-refractivity contribution in [3.63, 3.8) is 0 Å². The lowest BCUT2D eigenvalue weighted by molar-refractivity contribution is 0.163. The lowest BCUT2D eigenvalue weighted by Crippen LogP contribution is -2.50. The SMILES string of the molecule is O=C(Nc1cccc(Cl)c1)N1CCC2NNC(C3CC3)C2C1. The predicted molar refractivity (Wildman–Crippen MR) is 86.7 cm³/mol. The van der Waals surface area contributed by atoms with Gasteiger partial charge in [0.1, 0.15) is 0 Å². The van der Waals surface area contributed by atoms with Gasteiger partial charge in [0.15, 0.2) is 0 Å². The van der Waals surface area contributed by atoms with Crippen molar-refractivity contribution in [3.05, 3.63) is 29.3 Å². The lowest BCUT2D eigenvalue weighted by atomic mass is 9.86. The van der Waals surface area contributed by atoms with Gasteiger partial charge in [-0.2, -0.15) is 0 Å². The summed E-state index contributed by atoms with van der Waals surface area (Å²) in [6.45, 7) is 1.61. The van der Waals surface area contributed by atoms with Crippen LogP contribution in [-0.2, 0) is 0 Å². The number of halogens is 1. The second kappa shape index (κ2) is 5.72. The Balaban J connectivity index is 1.41. The van der Waals surface area contributed by atoms with Gasteiger partial charge >= 0.3 is 6.03 Å². The maximum atomic E-state index is 12.5. The molecule has 3 aliphatic rings. The molecule has 3 fully saturated rings. The molecule has 0 bridgehead atoms. The van der Waals surface area contributed by atoms with Crippen LogP contribution in [0.3, 0.4) is 0 Å². The van der Waals surface area contributed by atoms with E-state index < -0.39 is 0 Å². The van der Waals surface area contributed by atoms with Crippen molar-refractivity contribution in [2.24, 2.45) is 11.8 Å². The topological polar surface area (TPSA) is 56.4 Å². The van der Waals surface area contributed by atoms with Gasteiger partial charge < -0.3 is 10.2 Å². The molecule has 3 unspecified atom stereocenters.